The van der Waals surface area contributed by atoms with Gasteiger partial charge >= 0.3 is 6.36 Å². The van der Waals surface area contributed by atoms with Crippen molar-refractivity contribution in [3.05, 3.63) is 24.3 Å². The smallest absolute Gasteiger partial charge is 0.404 e. The third kappa shape index (κ3) is 3.52. The van der Waals surface area contributed by atoms with Crippen LogP contribution >= 0.6 is 0 Å². The first-order chi connectivity index (χ1) is 8.04. The first kappa shape index (κ1) is 12.0. The molecule has 2 N–H and O–H groups in total. The Kier molecular flexibility index (Phi) is 3.42. The van der Waals surface area contributed by atoms with E-state index in [-0.39, 0.29) is 11.8 Å². The highest BCUT2D eigenvalue weighted by Crippen LogP contribution is 2.30. The fraction of sp³-hybridized carbons (Fsp3) is 0.455. The zero-order valence-corrected chi connectivity index (χ0v) is 9.05. The summed E-state index contributed by atoms with van der Waals surface area (Å²) in [5, 5.41) is 6.18. The molecule has 2 rings (SSSR count). The van der Waals surface area contributed by atoms with Crippen molar-refractivity contribution in [2.75, 3.05) is 18.4 Å². The fourth-order valence-corrected chi connectivity index (χ4v) is 1.80. The van der Waals surface area contributed by atoms with Gasteiger partial charge in [-0.15, -0.1) is 13.2 Å². The van der Waals surface area contributed by atoms with Crippen LogP contribution in [-0.4, -0.2) is 25.5 Å². The molecule has 0 aliphatic carbocycles. The van der Waals surface area contributed by atoms with Crippen LogP contribution in [0.2, 0.25) is 0 Å². The van der Waals surface area contributed by atoms with E-state index < -0.39 is 6.36 Å². The van der Waals surface area contributed by atoms with Crippen LogP contribution in [0.25, 0.3) is 0 Å². The molecule has 1 fully saturated rings. The highest BCUT2D eigenvalue weighted by molar-refractivity contribution is 5.57. The van der Waals surface area contributed by atoms with E-state index >= 15 is 0 Å². The van der Waals surface area contributed by atoms with Crippen LogP contribution < -0.4 is 15.4 Å². The van der Waals surface area contributed by atoms with Crippen LogP contribution in [0, 0.1) is 0 Å². The van der Waals surface area contributed by atoms with Gasteiger partial charge in [-0.1, -0.05) is 12.1 Å². The lowest BCUT2D eigenvalue weighted by Gasteiger charge is -2.17. The number of hydrogen-bond acceptors (Lipinski definition) is 3. The molecule has 1 aromatic carbocycles. The Balaban J connectivity index is 2.09. The lowest BCUT2D eigenvalue weighted by molar-refractivity contribution is -0.274. The van der Waals surface area contributed by atoms with Crippen LogP contribution in [0.4, 0.5) is 18.9 Å². The molecule has 0 amide bonds. The maximum absolute atomic E-state index is 12.2. The maximum Gasteiger partial charge on any atom is 0.573 e. The second kappa shape index (κ2) is 4.83. The maximum atomic E-state index is 12.2. The predicted molar refractivity (Wildman–Crippen MR) is 58.0 cm³/mol. The Morgan fingerprint density at radius 3 is 2.71 bits per heavy atom. The van der Waals surface area contributed by atoms with Crippen molar-refractivity contribution in [3.63, 3.8) is 0 Å². The number of ether oxygens (including phenoxy) is 1. The van der Waals surface area contributed by atoms with E-state index in [0.29, 0.717) is 5.69 Å². The minimum atomic E-state index is -4.66. The summed E-state index contributed by atoms with van der Waals surface area (Å²) in [4.78, 5) is 0. The van der Waals surface area contributed by atoms with Crippen molar-refractivity contribution in [1.82, 2.24) is 5.32 Å². The quantitative estimate of drug-likeness (QED) is 0.859. The molecule has 1 unspecified atom stereocenters. The van der Waals surface area contributed by atoms with Gasteiger partial charge in [-0.25, -0.2) is 0 Å². The van der Waals surface area contributed by atoms with Crippen LogP contribution in [0.5, 0.6) is 5.75 Å². The molecule has 17 heavy (non-hydrogen) atoms. The summed E-state index contributed by atoms with van der Waals surface area (Å²) in [6.07, 6.45) is -3.77. The predicted octanol–water partition coefficient (Wildman–Crippen LogP) is 2.36. The topological polar surface area (TPSA) is 33.3 Å². The summed E-state index contributed by atoms with van der Waals surface area (Å²) >= 11 is 0. The molecule has 6 heteroatoms. The van der Waals surface area contributed by atoms with Crippen molar-refractivity contribution in [2.45, 2.75) is 18.8 Å². The van der Waals surface area contributed by atoms with E-state index in [1.54, 1.807) is 12.1 Å². The molecule has 0 radical (unpaired) electrons. The number of nitrogens with one attached hydrogen (secondary N) is 2. The molecule has 1 aromatic rings. The standard InChI is InChI=1S/C11H13F3N2O/c12-11(13,14)17-10-4-2-1-3-9(10)16-8-5-6-15-7-8/h1-4,8,15-16H,5-7H2. The van der Waals surface area contributed by atoms with E-state index in [4.69, 9.17) is 0 Å². The van der Waals surface area contributed by atoms with Gasteiger partial charge in [-0.3, -0.25) is 0 Å². The number of benzene rings is 1. The summed E-state index contributed by atoms with van der Waals surface area (Å²) in [5.41, 5.74) is 0.374. The normalized spacial score (nSPS) is 20.3. The first-order valence-corrected chi connectivity index (χ1v) is 5.36. The minimum Gasteiger partial charge on any atom is -0.404 e. The SMILES string of the molecule is FC(F)(F)Oc1ccccc1NC1CCNC1. The lowest BCUT2D eigenvalue weighted by Crippen LogP contribution is -2.24. The van der Waals surface area contributed by atoms with E-state index in [1.165, 1.54) is 12.1 Å². The Bertz CT molecular complexity index is 375. The summed E-state index contributed by atoms with van der Waals surface area (Å²) < 4.78 is 40.5. The third-order valence-electron chi connectivity index (χ3n) is 2.53. The van der Waals surface area contributed by atoms with Gasteiger partial charge in [-0.05, 0) is 25.1 Å². The average Bonchev–Trinajstić information content (AvgIpc) is 2.71. The minimum absolute atomic E-state index is 0.146. The van der Waals surface area contributed by atoms with Gasteiger partial charge in [-0.2, -0.15) is 0 Å². The molecular weight excluding hydrogens is 233 g/mol. The summed E-state index contributed by atoms with van der Waals surface area (Å²) in [6.45, 7) is 1.63. The van der Waals surface area contributed by atoms with Crippen LogP contribution in [0.15, 0.2) is 24.3 Å². The van der Waals surface area contributed by atoms with E-state index in [0.717, 1.165) is 19.5 Å². The van der Waals surface area contributed by atoms with Gasteiger partial charge in [0.15, 0.2) is 5.75 Å². The highest BCUT2D eigenvalue weighted by Gasteiger charge is 2.32. The Hall–Kier alpha value is -1.43. The highest BCUT2D eigenvalue weighted by atomic mass is 19.4. The molecule has 0 aromatic heterocycles. The van der Waals surface area contributed by atoms with Gasteiger partial charge in [0.1, 0.15) is 0 Å². The average molecular weight is 246 g/mol. The number of rotatable bonds is 3. The second-order valence-electron chi connectivity index (χ2n) is 3.88. The molecule has 1 aliphatic heterocycles. The second-order valence-corrected chi connectivity index (χ2v) is 3.88. The third-order valence-corrected chi connectivity index (χ3v) is 2.53. The van der Waals surface area contributed by atoms with Gasteiger partial charge in [0.2, 0.25) is 0 Å². The van der Waals surface area contributed by atoms with E-state index in [1.807, 2.05) is 0 Å². The molecule has 0 bridgehead atoms. The number of halogens is 3. The molecule has 1 saturated heterocycles. The Morgan fingerprint density at radius 2 is 2.06 bits per heavy atom. The molecular formula is C11H13F3N2O. The molecule has 94 valence electrons. The number of alkyl halides is 3. The molecule has 1 atom stereocenters. The largest absolute Gasteiger partial charge is 0.573 e. The Labute approximate surface area is 97.0 Å². The van der Waals surface area contributed by atoms with E-state index in [2.05, 4.69) is 15.4 Å². The van der Waals surface area contributed by atoms with Gasteiger partial charge in [0.05, 0.1) is 5.69 Å². The molecule has 0 saturated carbocycles. The number of anilines is 1. The van der Waals surface area contributed by atoms with Crippen molar-refractivity contribution in [3.8, 4) is 5.75 Å². The molecule has 3 nitrogen and oxygen atoms in total. The van der Waals surface area contributed by atoms with Gasteiger partial charge < -0.3 is 15.4 Å². The van der Waals surface area contributed by atoms with Crippen LogP contribution in [-0.2, 0) is 0 Å². The summed E-state index contributed by atoms with van der Waals surface area (Å²) in [6, 6.07) is 6.22. The number of hydrogen-bond donors (Lipinski definition) is 2. The summed E-state index contributed by atoms with van der Waals surface area (Å²) in [5.74, 6) is -0.188. The molecule has 0 spiro atoms. The Morgan fingerprint density at radius 1 is 1.29 bits per heavy atom. The molecule has 1 aliphatic rings. The zero-order chi connectivity index (χ0) is 12.3. The van der Waals surface area contributed by atoms with Crippen LogP contribution in [0.3, 0.4) is 0 Å². The van der Waals surface area contributed by atoms with E-state index in [9.17, 15) is 13.2 Å². The van der Waals surface area contributed by atoms with Gasteiger partial charge in [0.25, 0.3) is 0 Å². The van der Waals surface area contributed by atoms with Gasteiger partial charge in [0, 0.05) is 12.6 Å². The fourth-order valence-electron chi connectivity index (χ4n) is 1.80. The summed E-state index contributed by atoms with van der Waals surface area (Å²) in [7, 11) is 0. The van der Waals surface area contributed by atoms with Crippen molar-refractivity contribution < 1.29 is 17.9 Å². The molecule has 1 heterocycles. The van der Waals surface area contributed by atoms with Crippen molar-refractivity contribution in [1.29, 1.82) is 0 Å². The zero-order valence-electron chi connectivity index (χ0n) is 9.05. The monoisotopic (exact) mass is 246 g/mol. The first-order valence-electron chi connectivity index (χ1n) is 5.36. The van der Waals surface area contributed by atoms with Crippen LogP contribution in [0.1, 0.15) is 6.42 Å². The van der Waals surface area contributed by atoms with Crippen molar-refractivity contribution in [2.24, 2.45) is 0 Å². The van der Waals surface area contributed by atoms with Crippen molar-refractivity contribution >= 4 is 5.69 Å². The lowest BCUT2D eigenvalue weighted by atomic mass is 10.2. The number of para-hydroxylation sites is 2.